The molecule has 1 saturated carbocycles. The molecule has 1 aliphatic carbocycles. The number of Topliss-reactive ketones (excluding diaryl/α,β-unsaturated/α-hetero) is 2. The molecule has 0 spiro atoms. The van der Waals surface area contributed by atoms with Gasteiger partial charge in [-0.2, -0.15) is 0 Å². The van der Waals surface area contributed by atoms with E-state index in [-0.39, 0.29) is 48.1 Å². The molecule has 0 bridgehead atoms. The molecule has 0 radical (unpaired) electrons. The van der Waals surface area contributed by atoms with Gasteiger partial charge in [0.2, 0.25) is 5.91 Å². The van der Waals surface area contributed by atoms with Crippen molar-refractivity contribution in [2.24, 2.45) is 0 Å². The summed E-state index contributed by atoms with van der Waals surface area (Å²) in [5.41, 5.74) is 0.710. The van der Waals surface area contributed by atoms with Crippen LogP contribution < -0.4 is 10.6 Å². The van der Waals surface area contributed by atoms with Gasteiger partial charge in [0.15, 0.2) is 5.78 Å². The number of carbonyl (C=O) groups is 5. The van der Waals surface area contributed by atoms with E-state index in [0.717, 1.165) is 4.90 Å². The minimum atomic E-state index is -0.917. The summed E-state index contributed by atoms with van der Waals surface area (Å²) in [5.74, 6) is -1.94. The van der Waals surface area contributed by atoms with E-state index in [1.54, 1.807) is 19.1 Å². The van der Waals surface area contributed by atoms with Crippen LogP contribution in [0, 0.1) is 0 Å². The number of rotatable bonds is 5. The van der Waals surface area contributed by atoms with Crippen LogP contribution in [0.15, 0.2) is 18.2 Å². The molecule has 1 fully saturated rings. The molecule has 1 aromatic carbocycles. The van der Waals surface area contributed by atoms with Crippen LogP contribution in [0.1, 0.15) is 60.7 Å². The maximum absolute atomic E-state index is 13.0. The van der Waals surface area contributed by atoms with Crippen LogP contribution >= 0.6 is 0 Å². The zero-order chi connectivity index (χ0) is 20.6. The van der Waals surface area contributed by atoms with Crippen molar-refractivity contribution in [3.63, 3.8) is 0 Å². The fourth-order valence-corrected chi connectivity index (χ4v) is 3.55. The molecule has 0 saturated heterocycles. The fourth-order valence-electron chi connectivity index (χ4n) is 3.55. The van der Waals surface area contributed by atoms with Gasteiger partial charge in [-0.05, 0) is 39.3 Å². The molecule has 2 N–H and O–H groups in total. The van der Waals surface area contributed by atoms with Gasteiger partial charge in [-0.3, -0.25) is 28.9 Å². The Morgan fingerprint density at radius 3 is 2.46 bits per heavy atom. The van der Waals surface area contributed by atoms with Crippen LogP contribution in [0.3, 0.4) is 0 Å². The molecule has 2 atom stereocenters. The molecule has 3 rings (SSSR count). The highest BCUT2D eigenvalue weighted by atomic mass is 16.2. The number of nitrogens with zero attached hydrogens (tertiary/aromatic N) is 1. The number of nitrogens with one attached hydrogen (secondary N) is 2. The van der Waals surface area contributed by atoms with Gasteiger partial charge in [-0.1, -0.05) is 6.07 Å². The lowest BCUT2D eigenvalue weighted by molar-refractivity contribution is -0.132. The third kappa shape index (κ3) is 3.54. The first-order valence-electron chi connectivity index (χ1n) is 9.33. The average molecular weight is 385 g/mol. The van der Waals surface area contributed by atoms with Crippen LogP contribution in [0.25, 0.3) is 0 Å². The van der Waals surface area contributed by atoms with E-state index in [9.17, 15) is 24.0 Å². The number of carbonyl (C=O) groups excluding carboxylic acids is 5. The molecule has 28 heavy (non-hydrogen) atoms. The lowest BCUT2D eigenvalue weighted by Crippen LogP contribution is -2.47. The zero-order valence-corrected chi connectivity index (χ0v) is 16.1. The van der Waals surface area contributed by atoms with E-state index in [0.29, 0.717) is 5.69 Å². The molecular weight excluding hydrogens is 362 g/mol. The smallest absolute Gasteiger partial charge is 0.264 e. The van der Waals surface area contributed by atoms with Crippen molar-refractivity contribution in [1.29, 1.82) is 0 Å². The number of benzene rings is 1. The van der Waals surface area contributed by atoms with Crippen LogP contribution in [-0.4, -0.2) is 52.3 Å². The largest absolute Gasteiger partial charge is 0.373 e. The summed E-state index contributed by atoms with van der Waals surface area (Å²) in [6, 6.07) is 3.20. The number of hydrogen-bond donors (Lipinski definition) is 2. The SMILES string of the molecule is CC(C)NC(=O)[C@@H](C)Nc1cccc2c1C(=O)N(C1CCC(=O)CC1=O)C2=O. The molecule has 8 nitrogen and oxygen atoms in total. The highest BCUT2D eigenvalue weighted by Crippen LogP contribution is 2.33. The Kier molecular flexibility index (Phi) is 5.31. The Morgan fingerprint density at radius 2 is 1.82 bits per heavy atom. The molecule has 3 amide bonds. The fraction of sp³-hybridized carbons (Fsp3) is 0.450. The molecule has 1 unspecified atom stereocenters. The van der Waals surface area contributed by atoms with Gasteiger partial charge in [0.1, 0.15) is 11.8 Å². The molecular formula is C20H23N3O5. The molecule has 1 heterocycles. The van der Waals surface area contributed by atoms with E-state index < -0.39 is 29.7 Å². The molecule has 2 aliphatic rings. The lowest BCUT2D eigenvalue weighted by atomic mass is 9.92. The van der Waals surface area contributed by atoms with Crippen molar-refractivity contribution in [1.82, 2.24) is 10.2 Å². The van der Waals surface area contributed by atoms with Crippen molar-refractivity contribution in [3.8, 4) is 0 Å². The summed E-state index contributed by atoms with van der Waals surface area (Å²) in [5, 5.41) is 5.77. The quantitative estimate of drug-likeness (QED) is 0.584. The molecule has 148 valence electrons. The second-order valence-corrected chi connectivity index (χ2v) is 7.47. The number of fused-ring (bicyclic) bond motifs is 1. The average Bonchev–Trinajstić information content (AvgIpc) is 2.87. The molecule has 1 aliphatic heterocycles. The minimum Gasteiger partial charge on any atom is -0.373 e. The highest BCUT2D eigenvalue weighted by molar-refractivity contribution is 6.25. The zero-order valence-electron chi connectivity index (χ0n) is 16.1. The summed E-state index contributed by atoms with van der Waals surface area (Å²) in [4.78, 5) is 62.7. The monoisotopic (exact) mass is 385 g/mol. The number of anilines is 1. The number of hydrogen-bond acceptors (Lipinski definition) is 6. The Balaban J connectivity index is 1.87. The van der Waals surface area contributed by atoms with Gasteiger partial charge in [0.05, 0.1) is 23.6 Å². The van der Waals surface area contributed by atoms with Crippen LogP contribution in [0.2, 0.25) is 0 Å². The van der Waals surface area contributed by atoms with Crippen molar-refractivity contribution >= 4 is 35.0 Å². The maximum Gasteiger partial charge on any atom is 0.264 e. The molecule has 0 aromatic heterocycles. The van der Waals surface area contributed by atoms with Crippen molar-refractivity contribution in [2.75, 3.05) is 5.32 Å². The number of ketones is 2. The van der Waals surface area contributed by atoms with Gasteiger partial charge in [0, 0.05) is 18.2 Å². The predicted molar refractivity (Wildman–Crippen MR) is 101 cm³/mol. The predicted octanol–water partition coefficient (Wildman–Crippen LogP) is 1.30. The maximum atomic E-state index is 13.0. The van der Waals surface area contributed by atoms with E-state index in [1.807, 2.05) is 13.8 Å². The van der Waals surface area contributed by atoms with Crippen molar-refractivity contribution in [3.05, 3.63) is 29.3 Å². The number of imide groups is 1. The van der Waals surface area contributed by atoms with Gasteiger partial charge in [-0.25, -0.2) is 0 Å². The van der Waals surface area contributed by atoms with Gasteiger partial charge in [-0.15, -0.1) is 0 Å². The van der Waals surface area contributed by atoms with Crippen molar-refractivity contribution in [2.45, 2.75) is 58.2 Å². The van der Waals surface area contributed by atoms with Crippen LogP contribution in [-0.2, 0) is 14.4 Å². The second kappa shape index (κ2) is 7.53. The van der Waals surface area contributed by atoms with E-state index in [1.165, 1.54) is 6.07 Å². The number of amides is 3. The first-order valence-corrected chi connectivity index (χ1v) is 9.33. The Morgan fingerprint density at radius 1 is 1.11 bits per heavy atom. The Labute approximate surface area is 162 Å². The van der Waals surface area contributed by atoms with Crippen LogP contribution in [0.5, 0.6) is 0 Å². The van der Waals surface area contributed by atoms with Gasteiger partial charge in [0.25, 0.3) is 11.8 Å². The Bertz CT molecular complexity index is 877. The summed E-state index contributed by atoms with van der Waals surface area (Å²) < 4.78 is 0. The highest BCUT2D eigenvalue weighted by Gasteiger charge is 2.45. The third-order valence-corrected chi connectivity index (χ3v) is 4.89. The lowest BCUT2D eigenvalue weighted by Gasteiger charge is -2.27. The molecule has 8 heteroatoms. The first kappa shape index (κ1) is 19.7. The summed E-state index contributed by atoms with van der Waals surface area (Å²) in [6.07, 6.45) is 0.0655. The third-order valence-electron chi connectivity index (χ3n) is 4.89. The Hall–Kier alpha value is -3.03. The van der Waals surface area contributed by atoms with Crippen molar-refractivity contribution < 1.29 is 24.0 Å². The summed E-state index contributed by atoms with van der Waals surface area (Å²) in [7, 11) is 0. The van der Waals surface area contributed by atoms with Crippen LogP contribution in [0.4, 0.5) is 5.69 Å². The van der Waals surface area contributed by atoms with E-state index in [2.05, 4.69) is 10.6 Å². The molecule has 1 aromatic rings. The summed E-state index contributed by atoms with van der Waals surface area (Å²) >= 11 is 0. The summed E-state index contributed by atoms with van der Waals surface area (Å²) in [6.45, 7) is 5.35. The second-order valence-electron chi connectivity index (χ2n) is 7.47. The van der Waals surface area contributed by atoms with Gasteiger partial charge >= 0.3 is 0 Å². The minimum absolute atomic E-state index is 0.0306. The normalized spacial score (nSPS) is 20.4. The topological polar surface area (TPSA) is 113 Å². The van der Waals surface area contributed by atoms with E-state index in [4.69, 9.17) is 0 Å². The standard InChI is InChI=1S/C20H23N3O5/c1-10(2)21-18(26)11(3)22-14-6-4-5-13-17(14)20(28)23(19(13)27)15-8-7-12(24)9-16(15)25/h4-6,10-11,15,22H,7-9H2,1-3H3,(H,21,26)/t11-,15?/m1/s1. The first-order chi connectivity index (χ1) is 13.2. The van der Waals surface area contributed by atoms with Gasteiger partial charge < -0.3 is 10.6 Å². The van der Waals surface area contributed by atoms with E-state index >= 15 is 0 Å².